The quantitative estimate of drug-likeness (QED) is 0.712. The number of hydrogen-bond donors (Lipinski definition) is 1. The van der Waals surface area contributed by atoms with Crippen LogP contribution in [0.4, 0.5) is 5.69 Å². The van der Waals surface area contributed by atoms with Gasteiger partial charge in [-0.1, -0.05) is 23.4 Å². The van der Waals surface area contributed by atoms with E-state index in [2.05, 4.69) is 15.6 Å². The molecule has 1 aliphatic heterocycles. The molecular formula is C19H19N5O3S. The molecule has 1 amide bonds. The summed E-state index contributed by atoms with van der Waals surface area (Å²) >= 11 is 0. The minimum absolute atomic E-state index is 0.164. The molecule has 1 aromatic heterocycles. The van der Waals surface area contributed by atoms with Crippen molar-refractivity contribution in [3.63, 3.8) is 0 Å². The van der Waals surface area contributed by atoms with E-state index >= 15 is 0 Å². The zero-order chi connectivity index (χ0) is 19.6. The summed E-state index contributed by atoms with van der Waals surface area (Å²) in [7, 11) is -3.47. The number of amides is 1. The van der Waals surface area contributed by atoms with E-state index in [0.717, 1.165) is 18.5 Å². The monoisotopic (exact) mass is 397 g/mol. The van der Waals surface area contributed by atoms with Gasteiger partial charge in [0.1, 0.15) is 0 Å². The molecule has 144 valence electrons. The van der Waals surface area contributed by atoms with Crippen molar-refractivity contribution in [1.82, 2.24) is 19.3 Å². The van der Waals surface area contributed by atoms with E-state index in [9.17, 15) is 13.2 Å². The van der Waals surface area contributed by atoms with Crippen LogP contribution < -0.4 is 5.32 Å². The van der Waals surface area contributed by atoms with Crippen LogP contribution in [0.2, 0.25) is 0 Å². The van der Waals surface area contributed by atoms with Crippen LogP contribution in [0.5, 0.6) is 0 Å². The van der Waals surface area contributed by atoms with Crippen molar-refractivity contribution in [3.05, 3.63) is 66.5 Å². The van der Waals surface area contributed by atoms with E-state index in [4.69, 9.17) is 0 Å². The number of anilines is 1. The normalized spacial score (nSPS) is 14.9. The lowest BCUT2D eigenvalue weighted by molar-refractivity contribution is 0.102. The van der Waals surface area contributed by atoms with E-state index in [1.165, 1.54) is 27.3 Å². The first-order valence-electron chi connectivity index (χ1n) is 8.93. The van der Waals surface area contributed by atoms with Crippen molar-refractivity contribution in [3.8, 4) is 5.69 Å². The lowest BCUT2D eigenvalue weighted by Gasteiger charge is -2.15. The number of nitrogens with zero attached hydrogens (tertiary/aromatic N) is 4. The second-order valence-electron chi connectivity index (χ2n) is 6.47. The Morgan fingerprint density at radius 3 is 2.32 bits per heavy atom. The van der Waals surface area contributed by atoms with Crippen LogP contribution in [0.3, 0.4) is 0 Å². The predicted octanol–water partition coefficient (Wildman–Crippen LogP) is 2.30. The third kappa shape index (κ3) is 3.67. The van der Waals surface area contributed by atoms with Gasteiger partial charge < -0.3 is 5.32 Å². The molecule has 0 atom stereocenters. The molecule has 2 aromatic carbocycles. The molecular weight excluding hydrogens is 378 g/mol. The highest BCUT2D eigenvalue weighted by molar-refractivity contribution is 7.89. The number of nitrogens with one attached hydrogen (secondary N) is 1. The second kappa shape index (κ2) is 7.53. The summed E-state index contributed by atoms with van der Waals surface area (Å²) in [6.45, 7) is 1.11. The van der Waals surface area contributed by atoms with Gasteiger partial charge in [0.05, 0.1) is 16.8 Å². The van der Waals surface area contributed by atoms with Gasteiger partial charge in [0.15, 0.2) is 5.69 Å². The maximum atomic E-state index is 12.5. The number of sulfonamides is 1. The van der Waals surface area contributed by atoms with E-state index in [-0.39, 0.29) is 10.6 Å². The Morgan fingerprint density at radius 2 is 1.64 bits per heavy atom. The van der Waals surface area contributed by atoms with Crippen LogP contribution in [-0.2, 0) is 10.0 Å². The van der Waals surface area contributed by atoms with Gasteiger partial charge in [-0.3, -0.25) is 4.79 Å². The maximum absolute atomic E-state index is 12.5. The summed E-state index contributed by atoms with van der Waals surface area (Å²) in [5, 5.41) is 10.6. The average molecular weight is 397 g/mol. The molecule has 1 saturated heterocycles. The highest BCUT2D eigenvalue weighted by atomic mass is 32.2. The highest BCUT2D eigenvalue weighted by Crippen LogP contribution is 2.22. The van der Waals surface area contributed by atoms with Gasteiger partial charge in [0.2, 0.25) is 10.0 Å². The van der Waals surface area contributed by atoms with Crippen LogP contribution in [-0.4, -0.2) is 46.7 Å². The number of carbonyl (C=O) groups is 1. The smallest absolute Gasteiger partial charge is 0.277 e. The van der Waals surface area contributed by atoms with Crippen LogP contribution in [0.1, 0.15) is 23.3 Å². The second-order valence-corrected chi connectivity index (χ2v) is 8.41. The Kier molecular flexibility index (Phi) is 4.93. The van der Waals surface area contributed by atoms with Crippen molar-refractivity contribution in [2.45, 2.75) is 17.7 Å². The summed E-state index contributed by atoms with van der Waals surface area (Å²) in [5.74, 6) is -0.419. The van der Waals surface area contributed by atoms with Crippen molar-refractivity contribution in [2.24, 2.45) is 0 Å². The van der Waals surface area contributed by atoms with E-state index in [1.54, 1.807) is 12.1 Å². The number of hydrogen-bond acceptors (Lipinski definition) is 5. The molecule has 0 spiro atoms. The maximum Gasteiger partial charge on any atom is 0.277 e. The molecule has 9 heteroatoms. The molecule has 0 unspecified atom stereocenters. The van der Waals surface area contributed by atoms with Crippen molar-refractivity contribution in [2.75, 3.05) is 18.4 Å². The molecule has 0 bridgehead atoms. The van der Waals surface area contributed by atoms with Gasteiger partial charge >= 0.3 is 0 Å². The van der Waals surface area contributed by atoms with Crippen LogP contribution >= 0.6 is 0 Å². The Hall–Kier alpha value is -3.04. The van der Waals surface area contributed by atoms with Crippen molar-refractivity contribution >= 4 is 21.6 Å². The van der Waals surface area contributed by atoms with Gasteiger partial charge in [0, 0.05) is 18.8 Å². The van der Waals surface area contributed by atoms with Gasteiger partial charge in [0.25, 0.3) is 5.91 Å². The van der Waals surface area contributed by atoms with Crippen LogP contribution in [0, 0.1) is 0 Å². The van der Waals surface area contributed by atoms with Crippen LogP contribution in [0.15, 0.2) is 65.7 Å². The first-order valence-corrected chi connectivity index (χ1v) is 10.4. The third-order valence-electron chi connectivity index (χ3n) is 4.56. The lowest BCUT2D eigenvalue weighted by Crippen LogP contribution is -2.27. The fourth-order valence-corrected chi connectivity index (χ4v) is 4.57. The molecule has 1 N–H and O–H groups in total. The largest absolute Gasteiger partial charge is 0.321 e. The average Bonchev–Trinajstić information content (AvgIpc) is 3.42. The minimum Gasteiger partial charge on any atom is -0.321 e. The minimum atomic E-state index is -3.47. The summed E-state index contributed by atoms with van der Waals surface area (Å²) in [4.78, 5) is 12.6. The van der Waals surface area contributed by atoms with Gasteiger partial charge in [-0.05, 0) is 49.2 Å². The zero-order valence-electron chi connectivity index (χ0n) is 15.0. The fraction of sp³-hybridized carbons (Fsp3) is 0.211. The van der Waals surface area contributed by atoms with Crippen molar-refractivity contribution in [1.29, 1.82) is 0 Å². The molecule has 1 fully saturated rings. The molecule has 0 saturated carbocycles. The Labute approximate surface area is 162 Å². The Balaban J connectivity index is 1.46. The van der Waals surface area contributed by atoms with Crippen LogP contribution in [0.25, 0.3) is 5.69 Å². The molecule has 4 rings (SSSR count). The van der Waals surface area contributed by atoms with Gasteiger partial charge in [-0.25, -0.2) is 13.1 Å². The number of carbonyl (C=O) groups excluding carboxylic acids is 1. The molecule has 0 aliphatic carbocycles. The summed E-state index contributed by atoms with van der Waals surface area (Å²) in [5.41, 5.74) is 1.45. The van der Waals surface area contributed by atoms with Gasteiger partial charge in [-0.2, -0.15) is 4.31 Å². The SMILES string of the molecule is O=C(Nc1ccc(S(=O)(=O)N2CCCC2)cc1)c1cn(-c2ccccc2)nn1. The Morgan fingerprint density at radius 1 is 0.964 bits per heavy atom. The Bertz CT molecular complexity index is 1070. The molecule has 1 aliphatic rings. The predicted molar refractivity (Wildman–Crippen MR) is 104 cm³/mol. The fourth-order valence-electron chi connectivity index (χ4n) is 3.06. The molecule has 8 nitrogen and oxygen atoms in total. The number of para-hydroxylation sites is 1. The molecule has 2 heterocycles. The summed E-state index contributed by atoms with van der Waals surface area (Å²) in [6, 6.07) is 15.5. The first-order chi connectivity index (χ1) is 13.5. The standard InChI is InChI=1S/C19H19N5O3S/c25-19(18-14-24(22-21-18)16-6-2-1-3-7-16)20-15-8-10-17(11-9-15)28(26,27)23-12-4-5-13-23/h1-3,6-11,14H,4-5,12-13H2,(H,20,25). The van der Waals surface area contributed by atoms with E-state index < -0.39 is 15.9 Å². The van der Waals surface area contributed by atoms with E-state index in [0.29, 0.717) is 18.8 Å². The number of rotatable bonds is 5. The lowest BCUT2D eigenvalue weighted by atomic mass is 10.3. The van der Waals surface area contributed by atoms with Gasteiger partial charge in [-0.15, -0.1) is 5.10 Å². The third-order valence-corrected chi connectivity index (χ3v) is 6.47. The molecule has 3 aromatic rings. The topological polar surface area (TPSA) is 97.2 Å². The zero-order valence-corrected chi connectivity index (χ0v) is 15.8. The first kappa shape index (κ1) is 18.3. The summed E-state index contributed by atoms with van der Waals surface area (Å²) < 4.78 is 28.1. The summed E-state index contributed by atoms with van der Waals surface area (Å²) in [6.07, 6.45) is 3.31. The number of benzene rings is 2. The number of aromatic nitrogens is 3. The molecule has 0 radical (unpaired) electrons. The van der Waals surface area contributed by atoms with E-state index in [1.807, 2.05) is 30.3 Å². The highest BCUT2D eigenvalue weighted by Gasteiger charge is 2.27. The molecule has 28 heavy (non-hydrogen) atoms. The van der Waals surface area contributed by atoms with Crippen molar-refractivity contribution < 1.29 is 13.2 Å².